The molecule has 0 atom stereocenters. The first-order chi connectivity index (χ1) is 16.5. The van der Waals surface area contributed by atoms with Crippen molar-refractivity contribution in [1.29, 1.82) is 0 Å². The monoisotopic (exact) mass is 462 g/mol. The molecule has 1 amide bonds. The maximum absolute atomic E-state index is 13.0. The molecule has 1 aromatic heterocycles. The van der Waals surface area contributed by atoms with Crippen LogP contribution in [0.4, 0.5) is 4.39 Å². The zero-order valence-electron chi connectivity index (χ0n) is 18.7. The number of rotatable bonds is 8. The zero-order chi connectivity index (χ0) is 24.1. The number of hydrogen-bond donors (Lipinski definition) is 2. The standard InChI is InChI=1S/C25H23FN4O4/c1-33-19-8-10-24(34-2)20(14-19)22-15-30(29-28-22)18-7-9-23(31)21(13-18)25(32)27-12-11-16-3-5-17(26)6-4-16/h3-10,13-15,31H,11-12H2,1-2H3,(H,27,32). The number of aromatic nitrogens is 3. The Hall–Kier alpha value is -4.40. The van der Waals surface area contributed by atoms with Gasteiger partial charge in [-0.05, 0) is 60.5 Å². The molecule has 0 bridgehead atoms. The summed E-state index contributed by atoms with van der Waals surface area (Å²) in [6.45, 7) is 0.331. The van der Waals surface area contributed by atoms with Crippen molar-refractivity contribution in [3.8, 4) is 34.2 Å². The zero-order valence-corrected chi connectivity index (χ0v) is 18.7. The van der Waals surface area contributed by atoms with Crippen LogP contribution in [0.25, 0.3) is 16.9 Å². The molecule has 0 radical (unpaired) electrons. The lowest BCUT2D eigenvalue weighted by Crippen LogP contribution is -2.26. The predicted octanol–water partition coefficient (Wildman–Crippen LogP) is 3.77. The van der Waals surface area contributed by atoms with Crippen LogP contribution < -0.4 is 14.8 Å². The average molecular weight is 462 g/mol. The number of amides is 1. The van der Waals surface area contributed by atoms with Crippen molar-refractivity contribution in [2.45, 2.75) is 6.42 Å². The lowest BCUT2D eigenvalue weighted by atomic mass is 10.1. The third-order valence-corrected chi connectivity index (χ3v) is 5.28. The highest BCUT2D eigenvalue weighted by molar-refractivity contribution is 5.97. The number of methoxy groups -OCH3 is 2. The highest BCUT2D eigenvalue weighted by Gasteiger charge is 2.15. The van der Waals surface area contributed by atoms with Gasteiger partial charge in [-0.25, -0.2) is 9.07 Å². The van der Waals surface area contributed by atoms with Crippen molar-refractivity contribution in [2.75, 3.05) is 20.8 Å². The summed E-state index contributed by atoms with van der Waals surface area (Å²) in [6.07, 6.45) is 2.22. The molecule has 8 nitrogen and oxygen atoms in total. The maximum Gasteiger partial charge on any atom is 0.255 e. The molecule has 9 heteroatoms. The van der Waals surface area contributed by atoms with E-state index < -0.39 is 5.91 Å². The van der Waals surface area contributed by atoms with E-state index in [1.54, 1.807) is 56.8 Å². The Balaban J connectivity index is 1.52. The molecule has 4 rings (SSSR count). The van der Waals surface area contributed by atoms with Crippen LogP contribution in [0.3, 0.4) is 0 Å². The molecule has 0 aliphatic rings. The van der Waals surface area contributed by atoms with E-state index in [0.717, 1.165) is 5.56 Å². The number of hydrogen-bond acceptors (Lipinski definition) is 6. The lowest BCUT2D eigenvalue weighted by molar-refractivity contribution is 0.0951. The van der Waals surface area contributed by atoms with Crippen LogP contribution in [0.15, 0.2) is 66.9 Å². The van der Waals surface area contributed by atoms with Gasteiger partial charge in [0.1, 0.15) is 28.8 Å². The van der Waals surface area contributed by atoms with Gasteiger partial charge in [-0.1, -0.05) is 17.3 Å². The fourth-order valence-electron chi connectivity index (χ4n) is 3.44. The van der Waals surface area contributed by atoms with E-state index in [0.29, 0.717) is 41.4 Å². The highest BCUT2D eigenvalue weighted by atomic mass is 19.1. The van der Waals surface area contributed by atoms with Crippen LogP contribution in [0.5, 0.6) is 17.2 Å². The van der Waals surface area contributed by atoms with E-state index in [-0.39, 0.29) is 17.1 Å². The van der Waals surface area contributed by atoms with Crippen molar-refractivity contribution in [3.05, 3.63) is 83.8 Å². The molecule has 174 valence electrons. The fourth-order valence-corrected chi connectivity index (χ4v) is 3.44. The molecule has 0 unspecified atom stereocenters. The summed E-state index contributed by atoms with van der Waals surface area (Å²) in [5.74, 6) is 0.360. The maximum atomic E-state index is 13.0. The van der Waals surface area contributed by atoms with Crippen LogP contribution >= 0.6 is 0 Å². The molecular formula is C25H23FN4O4. The van der Waals surface area contributed by atoms with Crippen LogP contribution in [0.2, 0.25) is 0 Å². The number of phenolic OH excluding ortho intramolecular Hbond substituents is 1. The van der Waals surface area contributed by atoms with Crippen molar-refractivity contribution >= 4 is 5.91 Å². The summed E-state index contributed by atoms with van der Waals surface area (Å²) >= 11 is 0. The first-order valence-electron chi connectivity index (χ1n) is 10.5. The van der Waals surface area contributed by atoms with Gasteiger partial charge in [-0.3, -0.25) is 4.79 Å². The van der Waals surface area contributed by atoms with Crippen molar-refractivity contribution < 1.29 is 23.8 Å². The summed E-state index contributed by atoms with van der Waals surface area (Å²) < 4.78 is 25.2. The molecule has 4 aromatic rings. The van der Waals surface area contributed by atoms with E-state index >= 15 is 0 Å². The van der Waals surface area contributed by atoms with Gasteiger partial charge < -0.3 is 19.9 Å². The lowest BCUT2D eigenvalue weighted by Gasteiger charge is -2.09. The Morgan fingerprint density at radius 3 is 2.59 bits per heavy atom. The molecule has 0 saturated carbocycles. The number of halogens is 1. The topological polar surface area (TPSA) is 98.5 Å². The second kappa shape index (κ2) is 10.0. The quantitative estimate of drug-likeness (QED) is 0.414. The van der Waals surface area contributed by atoms with Crippen LogP contribution in [-0.4, -0.2) is 46.8 Å². The molecule has 3 aromatic carbocycles. The van der Waals surface area contributed by atoms with Gasteiger partial charge in [0.05, 0.1) is 31.7 Å². The molecule has 0 aliphatic carbocycles. The second-order valence-electron chi connectivity index (χ2n) is 7.45. The van der Waals surface area contributed by atoms with Gasteiger partial charge >= 0.3 is 0 Å². The number of carbonyl (C=O) groups excluding carboxylic acids is 1. The number of aromatic hydroxyl groups is 1. The smallest absolute Gasteiger partial charge is 0.255 e. The van der Waals surface area contributed by atoms with Gasteiger partial charge in [0.2, 0.25) is 0 Å². The molecule has 0 saturated heterocycles. The summed E-state index contributed by atoms with van der Waals surface area (Å²) in [5.41, 5.74) is 2.79. The Morgan fingerprint density at radius 2 is 1.85 bits per heavy atom. The fraction of sp³-hybridized carbons (Fsp3) is 0.160. The van der Waals surface area contributed by atoms with Crippen molar-refractivity contribution in [2.24, 2.45) is 0 Å². The largest absolute Gasteiger partial charge is 0.507 e. The molecule has 1 heterocycles. The van der Waals surface area contributed by atoms with Crippen LogP contribution in [-0.2, 0) is 6.42 Å². The highest BCUT2D eigenvalue weighted by Crippen LogP contribution is 2.32. The number of nitrogens with one attached hydrogen (secondary N) is 1. The van der Waals surface area contributed by atoms with Gasteiger partial charge in [-0.2, -0.15) is 0 Å². The molecule has 0 spiro atoms. The van der Waals surface area contributed by atoms with E-state index in [9.17, 15) is 14.3 Å². The molecule has 2 N–H and O–H groups in total. The van der Waals surface area contributed by atoms with Crippen LogP contribution in [0.1, 0.15) is 15.9 Å². The minimum atomic E-state index is -0.434. The summed E-state index contributed by atoms with van der Waals surface area (Å²) in [4.78, 5) is 12.7. The number of nitrogens with zero attached hydrogens (tertiary/aromatic N) is 3. The Labute approximate surface area is 195 Å². The van der Waals surface area contributed by atoms with E-state index in [4.69, 9.17) is 9.47 Å². The molecule has 0 aliphatic heterocycles. The Kier molecular flexibility index (Phi) is 6.72. The SMILES string of the molecule is COc1ccc(OC)c(-c2cn(-c3ccc(O)c(C(=O)NCCc4ccc(F)cc4)c3)nn2)c1. The number of ether oxygens (including phenoxy) is 2. The van der Waals surface area contributed by atoms with Gasteiger partial charge in [0.25, 0.3) is 5.91 Å². The van der Waals surface area contributed by atoms with E-state index in [1.807, 2.05) is 0 Å². The van der Waals surface area contributed by atoms with E-state index in [1.165, 1.54) is 28.9 Å². The average Bonchev–Trinajstić information content (AvgIpc) is 3.35. The van der Waals surface area contributed by atoms with Gasteiger partial charge in [-0.15, -0.1) is 5.10 Å². The molecule has 34 heavy (non-hydrogen) atoms. The number of carbonyl (C=O) groups is 1. The predicted molar refractivity (Wildman–Crippen MR) is 124 cm³/mol. The van der Waals surface area contributed by atoms with Gasteiger partial charge in [0.15, 0.2) is 0 Å². The summed E-state index contributed by atoms with van der Waals surface area (Å²) in [5, 5.41) is 21.4. The minimum Gasteiger partial charge on any atom is -0.507 e. The number of phenols is 1. The third kappa shape index (κ3) is 4.98. The molecule has 0 fully saturated rings. The Morgan fingerprint density at radius 1 is 1.06 bits per heavy atom. The second-order valence-corrected chi connectivity index (χ2v) is 7.45. The van der Waals surface area contributed by atoms with E-state index in [2.05, 4.69) is 15.6 Å². The third-order valence-electron chi connectivity index (χ3n) is 5.28. The normalized spacial score (nSPS) is 10.7. The molecular weight excluding hydrogens is 439 g/mol. The first-order valence-corrected chi connectivity index (χ1v) is 10.5. The van der Waals surface area contributed by atoms with Crippen molar-refractivity contribution in [1.82, 2.24) is 20.3 Å². The number of benzene rings is 3. The summed E-state index contributed by atoms with van der Waals surface area (Å²) in [7, 11) is 3.14. The van der Waals surface area contributed by atoms with Crippen molar-refractivity contribution in [3.63, 3.8) is 0 Å². The Bertz CT molecular complexity index is 1300. The minimum absolute atomic E-state index is 0.104. The summed E-state index contributed by atoms with van der Waals surface area (Å²) in [6, 6.07) is 16.0. The first kappa shape index (κ1) is 22.8. The van der Waals surface area contributed by atoms with Crippen LogP contribution in [0, 0.1) is 5.82 Å². The van der Waals surface area contributed by atoms with Gasteiger partial charge in [0, 0.05) is 12.1 Å².